The minimum absolute atomic E-state index is 0.0623. The van der Waals surface area contributed by atoms with E-state index in [1.807, 2.05) is 51.1 Å². The van der Waals surface area contributed by atoms with Crippen molar-refractivity contribution in [3.63, 3.8) is 0 Å². The molecule has 0 bridgehead atoms. The van der Waals surface area contributed by atoms with Gasteiger partial charge in [0, 0.05) is 35.7 Å². The number of fused-ring (bicyclic) bond motifs is 2. The maximum Gasteiger partial charge on any atom is 0.256 e. The van der Waals surface area contributed by atoms with Gasteiger partial charge >= 0.3 is 0 Å². The van der Waals surface area contributed by atoms with E-state index >= 15 is 4.39 Å². The lowest BCUT2D eigenvalue weighted by atomic mass is 9.69. The highest BCUT2D eigenvalue weighted by atomic mass is 32.1. The van der Waals surface area contributed by atoms with Crippen molar-refractivity contribution in [2.24, 2.45) is 5.41 Å². The molecule has 2 aliphatic rings. The number of benzene rings is 2. The number of nitrogens with zero attached hydrogens (tertiary/aromatic N) is 4. The molecule has 2 aliphatic heterocycles. The van der Waals surface area contributed by atoms with Crippen LogP contribution in [0.1, 0.15) is 59.1 Å². The first kappa shape index (κ1) is 26.1. The summed E-state index contributed by atoms with van der Waals surface area (Å²) in [6, 6.07) is 15.8. The number of para-hydroxylation sites is 1. The first-order valence-electron chi connectivity index (χ1n) is 13.2. The molecule has 0 radical (unpaired) electrons. The monoisotopic (exact) mass is 557 g/mol. The van der Waals surface area contributed by atoms with Crippen LogP contribution in [-0.4, -0.2) is 45.0 Å². The fraction of sp³-hybridized carbons (Fsp3) is 0.300. The number of carbonyl (C=O) groups is 2. The van der Waals surface area contributed by atoms with Crippen LogP contribution in [-0.2, 0) is 4.79 Å². The Kier molecular flexibility index (Phi) is 6.58. The van der Waals surface area contributed by atoms with Crippen molar-refractivity contribution < 1.29 is 18.7 Å². The quantitative estimate of drug-likeness (QED) is 0.314. The molecule has 1 saturated heterocycles. The lowest BCUT2D eigenvalue weighted by Crippen LogP contribution is -2.38. The van der Waals surface area contributed by atoms with Gasteiger partial charge in [0.1, 0.15) is 16.6 Å². The molecule has 6 rings (SSSR count). The van der Waals surface area contributed by atoms with Crippen LogP contribution in [0, 0.1) is 18.2 Å². The smallest absolute Gasteiger partial charge is 0.256 e. The number of anilines is 1. The Balaban J connectivity index is 1.35. The molecular formula is C30H28FN5O3S. The number of likely N-dealkylation sites (tertiary alicyclic amines) is 1. The minimum atomic E-state index is -0.916. The zero-order valence-electron chi connectivity index (χ0n) is 22.4. The molecule has 204 valence electrons. The van der Waals surface area contributed by atoms with Gasteiger partial charge in [0.05, 0.1) is 16.7 Å². The molecule has 4 aromatic rings. The Morgan fingerprint density at radius 3 is 2.55 bits per heavy atom. The highest BCUT2D eigenvalue weighted by Gasteiger charge is 2.44. The summed E-state index contributed by atoms with van der Waals surface area (Å²) < 4.78 is 21.3. The second-order valence-corrected chi connectivity index (χ2v) is 11.8. The first-order chi connectivity index (χ1) is 19.2. The number of halogens is 1. The summed E-state index contributed by atoms with van der Waals surface area (Å²) in [5.41, 5.74) is 1.79. The zero-order valence-corrected chi connectivity index (χ0v) is 23.2. The average Bonchev–Trinajstić information content (AvgIpc) is 3.63. The number of nitrogens with one attached hydrogen (secondary N) is 1. The van der Waals surface area contributed by atoms with E-state index < -0.39 is 11.2 Å². The van der Waals surface area contributed by atoms with Crippen LogP contribution in [0.5, 0.6) is 11.6 Å². The number of rotatable bonds is 5. The SMILES string of the molecule is Cc1nnc(NC(=O)C(C)(C)[C@H]2c3ccccc3Oc3nc(-c4ccc(C(=O)N5CCCC5)c(F)c4)ccc32)s1. The van der Waals surface area contributed by atoms with Crippen LogP contribution in [0.3, 0.4) is 0 Å². The highest BCUT2D eigenvalue weighted by molar-refractivity contribution is 7.15. The van der Waals surface area contributed by atoms with E-state index in [1.54, 1.807) is 17.0 Å². The summed E-state index contributed by atoms with van der Waals surface area (Å²) >= 11 is 1.31. The number of aromatic nitrogens is 3. The number of hydrogen-bond donors (Lipinski definition) is 1. The van der Waals surface area contributed by atoms with E-state index in [-0.39, 0.29) is 23.3 Å². The van der Waals surface area contributed by atoms with Gasteiger partial charge in [-0.1, -0.05) is 55.5 Å². The molecule has 0 saturated carbocycles. The molecule has 1 N–H and O–H groups in total. The Labute approximate surface area is 235 Å². The predicted octanol–water partition coefficient (Wildman–Crippen LogP) is 6.19. The molecule has 2 aromatic carbocycles. The standard InChI is InChI=1S/C30H28FN5O3S/c1-17-34-35-29(40-17)33-28(38)30(2,3)25-20-8-4-5-9-24(20)39-26-21(25)12-13-23(32-26)18-10-11-19(22(31)16-18)27(37)36-14-6-7-15-36/h4-5,8-13,16,25H,6-7,14-15H2,1-3H3,(H,33,35,38)/t25-/m0/s1. The van der Waals surface area contributed by atoms with Crippen LogP contribution in [0.25, 0.3) is 11.3 Å². The van der Waals surface area contributed by atoms with Gasteiger partial charge in [0.25, 0.3) is 5.91 Å². The second-order valence-electron chi connectivity index (χ2n) is 10.7. The van der Waals surface area contributed by atoms with Gasteiger partial charge in [-0.05, 0) is 44.0 Å². The van der Waals surface area contributed by atoms with Crippen molar-refractivity contribution in [2.75, 3.05) is 18.4 Å². The number of pyridine rings is 1. The van der Waals surface area contributed by atoms with Crippen molar-refractivity contribution in [2.45, 2.75) is 39.5 Å². The summed E-state index contributed by atoms with van der Waals surface area (Å²) in [5.74, 6) is -0.489. The molecule has 4 heterocycles. The van der Waals surface area contributed by atoms with Gasteiger partial charge in [-0.15, -0.1) is 10.2 Å². The van der Waals surface area contributed by atoms with E-state index in [0.29, 0.717) is 41.1 Å². The van der Waals surface area contributed by atoms with E-state index in [2.05, 4.69) is 15.5 Å². The van der Waals surface area contributed by atoms with Gasteiger partial charge in [-0.3, -0.25) is 9.59 Å². The highest BCUT2D eigenvalue weighted by Crippen LogP contribution is 2.52. The second kappa shape index (κ2) is 10.1. The van der Waals surface area contributed by atoms with Crippen LogP contribution in [0.2, 0.25) is 0 Å². The van der Waals surface area contributed by atoms with Gasteiger partial charge < -0.3 is 15.0 Å². The Morgan fingerprint density at radius 1 is 1.05 bits per heavy atom. The zero-order chi connectivity index (χ0) is 28.0. The molecule has 8 nitrogen and oxygen atoms in total. The number of hydrogen-bond acceptors (Lipinski definition) is 7. The topological polar surface area (TPSA) is 97.3 Å². The maximum absolute atomic E-state index is 15.1. The molecule has 0 aliphatic carbocycles. The van der Waals surface area contributed by atoms with Gasteiger partial charge in [-0.2, -0.15) is 0 Å². The van der Waals surface area contributed by atoms with E-state index in [1.165, 1.54) is 23.5 Å². The first-order valence-corrected chi connectivity index (χ1v) is 14.0. The fourth-order valence-electron chi connectivity index (χ4n) is 5.45. The summed E-state index contributed by atoms with van der Waals surface area (Å²) in [6.07, 6.45) is 1.88. The number of amides is 2. The van der Waals surface area contributed by atoms with E-state index in [4.69, 9.17) is 9.72 Å². The normalized spacial score (nSPS) is 16.2. The molecule has 2 amide bonds. The largest absolute Gasteiger partial charge is 0.438 e. The van der Waals surface area contributed by atoms with Crippen molar-refractivity contribution in [1.29, 1.82) is 0 Å². The van der Waals surface area contributed by atoms with Gasteiger partial charge in [0.2, 0.25) is 16.9 Å². The number of ether oxygens (including phenoxy) is 1. The summed E-state index contributed by atoms with van der Waals surface area (Å²) in [7, 11) is 0. The fourth-order valence-corrected chi connectivity index (χ4v) is 6.04. The van der Waals surface area contributed by atoms with Crippen molar-refractivity contribution >= 4 is 28.3 Å². The lowest BCUT2D eigenvalue weighted by molar-refractivity contribution is -0.124. The predicted molar refractivity (Wildman–Crippen MR) is 150 cm³/mol. The van der Waals surface area contributed by atoms with E-state index in [9.17, 15) is 9.59 Å². The number of carbonyl (C=O) groups excluding carboxylic acids is 2. The number of aryl methyl sites for hydroxylation is 1. The molecule has 2 aromatic heterocycles. The summed E-state index contributed by atoms with van der Waals surface area (Å²) in [6.45, 7) is 6.90. The average molecular weight is 558 g/mol. The van der Waals surface area contributed by atoms with Crippen LogP contribution >= 0.6 is 11.3 Å². The molecule has 0 spiro atoms. The van der Waals surface area contributed by atoms with Gasteiger partial charge in [0.15, 0.2) is 0 Å². The molecule has 0 unspecified atom stereocenters. The van der Waals surface area contributed by atoms with Crippen LogP contribution in [0.15, 0.2) is 54.6 Å². The maximum atomic E-state index is 15.1. The lowest BCUT2D eigenvalue weighted by Gasteiger charge is -2.37. The molecular weight excluding hydrogens is 529 g/mol. The Morgan fingerprint density at radius 2 is 1.82 bits per heavy atom. The van der Waals surface area contributed by atoms with Gasteiger partial charge in [-0.25, -0.2) is 9.37 Å². The van der Waals surface area contributed by atoms with Crippen LogP contribution in [0.4, 0.5) is 9.52 Å². The third-order valence-electron chi connectivity index (χ3n) is 7.58. The van der Waals surface area contributed by atoms with Crippen molar-refractivity contribution in [1.82, 2.24) is 20.1 Å². The third-order valence-corrected chi connectivity index (χ3v) is 8.33. The summed E-state index contributed by atoms with van der Waals surface area (Å²) in [4.78, 5) is 32.7. The molecule has 10 heteroatoms. The van der Waals surface area contributed by atoms with Crippen molar-refractivity contribution in [3.8, 4) is 22.9 Å². The molecule has 1 fully saturated rings. The summed E-state index contributed by atoms with van der Waals surface area (Å²) in [5, 5.41) is 12.1. The molecule has 1 atom stereocenters. The van der Waals surface area contributed by atoms with Crippen LogP contribution < -0.4 is 10.1 Å². The minimum Gasteiger partial charge on any atom is -0.438 e. The Hall–Kier alpha value is -4.18. The third kappa shape index (κ3) is 4.62. The molecule has 40 heavy (non-hydrogen) atoms. The van der Waals surface area contributed by atoms with Crippen molar-refractivity contribution in [3.05, 3.63) is 82.1 Å². The van der Waals surface area contributed by atoms with E-state index in [0.717, 1.165) is 29.0 Å². The Bertz CT molecular complexity index is 1630.